The van der Waals surface area contributed by atoms with Gasteiger partial charge in [-0.1, -0.05) is 31.2 Å². The normalized spacial score (nSPS) is 15.6. The molecular weight excluding hydrogens is 414 g/mol. The minimum absolute atomic E-state index is 0.210. The van der Waals surface area contributed by atoms with Crippen LogP contribution in [0.15, 0.2) is 78.9 Å². The van der Waals surface area contributed by atoms with Crippen molar-refractivity contribution in [3.8, 4) is 5.75 Å². The maximum absolute atomic E-state index is 12.7. The predicted molar refractivity (Wildman–Crippen MR) is 132 cm³/mol. The molecule has 0 radical (unpaired) electrons. The van der Waals surface area contributed by atoms with Gasteiger partial charge in [-0.3, -0.25) is 9.69 Å². The molecule has 1 heterocycles. The summed E-state index contributed by atoms with van der Waals surface area (Å²) in [7, 11) is 1.65. The van der Waals surface area contributed by atoms with E-state index >= 15 is 0 Å². The van der Waals surface area contributed by atoms with E-state index in [-0.39, 0.29) is 5.91 Å². The number of hydrogen-bond acceptors (Lipinski definition) is 4. The Labute approximate surface area is 194 Å². The van der Waals surface area contributed by atoms with Crippen LogP contribution in [0.4, 0.5) is 21.9 Å². The summed E-state index contributed by atoms with van der Waals surface area (Å²) in [5, 5.41) is 2.88. The summed E-state index contributed by atoms with van der Waals surface area (Å²) in [5.74, 6) is 0.837. The Bertz CT molecular complexity index is 1100. The molecule has 4 rings (SSSR count). The highest BCUT2D eigenvalue weighted by molar-refractivity contribution is 6.04. The van der Waals surface area contributed by atoms with Crippen molar-refractivity contribution >= 4 is 29.1 Å². The molecule has 1 fully saturated rings. The molecule has 1 aliphatic heterocycles. The molecule has 0 aliphatic carbocycles. The first-order valence-corrected chi connectivity index (χ1v) is 11.3. The Balaban J connectivity index is 1.37. The zero-order chi connectivity index (χ0) is 23.2. The second-order valence-electron chi connectivity index (χ2n) is 8.48. The molecule has 33 heavy (non-hydrogen) atoms. The quantitative estimate of drug-likeness (QED) is 0.541. The van der Waals surface area contributed by atoms with E-state index in [4.69, 9.17) is 4.74 Å². The van der Waals surface area contributed by atoms with Crippen molar-refractivity contribution in [2.45, 2.75) is 19.8 Å². The molecule has 1 saturated heterocycles. The van der Waals surface area contributed by atoms with Crippen molar-refractivity contribution < 1.29 is 14.3 Å². The smallest absolute Gasteiger partial charge is 0.410 e. The Hall–Kier alpha value is -3.80. The van der Waals surface area contributed by atoms with Crippen LogP contribution in [-0.4, -0.2) is 32.1 Å². The summed E-state index contributed by atoms with van der Waals surface area (Å²) in [6, 6.07) is 23.8. The molecule has 1 N–H and O–H groups in total. The van der Waals surface area contributed by atoms with Crippen LogP contribution in [0.25, 0.3) is 0 Å². The number of hydrogen-bond donors (Lipinski definition) is 1. The molecule has 3 aromatic carbocycles. The van der Waals surface area contributed by atoms with Crippen LogP contribution in [0, 0.1) is 5.92 Å². The molecule has 0 spiro atoms. The summed E-state index contributed by atoms with van der Waals surface area (Å²) >= 11 is 0. The fraction of sp³-hybridized carbons (Fsp3) is 0.259. The number of carbonyl (C=O) groups is 2. The van der Waals surface area contributed by atoms with Crippen LogP contribution < -0.4 is 19.9 Å². The number of rotatable bonds is 5. The van der Waals surface area contributed by atoms with Gasteiger partial charge in [0.25, 0.3) is 5.91 Å². The van der Waals surface area contributed by atoms with Gasteiger partial charge < -0.3 is 15.0 Å². The molecule has 1 atom stereocenters. The van der Waals surface area contributed by atoms with Gasteiger partial charge in [-0.05, 0) is 67.3 Å². The van der Waals surface area contributed by atoms with E-state index < -0.39 is 6.09 Å². The van der Waals surface area contributed by atoms with E-state index in [1.54, 1.807) is 31.3 Å². The average Bonchev–Trinajstić information content (AvgIpc) is 2.84. The summed E-state index contributed by atoms with van der Waals surface area (Å²) in [6.45, 7) is 4.39. The lowest BCUT2D eigenvalue weighted by Gasteiger charge is -2.32. The highest BCUT2D eigenvalue weighted by Crippen LogP contribution is 2.24. The molecular formula is C27H29N3O3. The molecule has 1 unspecified atom stereocenters. The second kappa shape index (κ2) is 10.2. The second-order valence-corrected chi connectivity index (χ2v) is 8.48. The van der Waals surface area contributed by atoms with Crippen molar-refractivity contribution in [3.05, 3.63) is 84.4 Å². The number of nitrogens with one attached hydrogen (secondary N) is 1. The molecule has 6 nitrogen and oxygen atoms in total. The molecule has 2 amide bonds. The van der Waals surface area contributed by atoms with Gasteiger partial charge in [0, 0.05) is 48.8 Å². The monoisotopic (exact) mass is 443 g/mol. The van der Waals surface area contributed by atoms with Crippen molar-refractivity contribution in [1.82, 2.24) is 0 Å². The van der Waals surface area contributed by atoms with Crippen LogP contribution in [0.5, 0.6) is 5.75 Å². The van der Waals surface area contributed by atoms with Gasteiger partial charge in [0.1, 0.15) is 5.75 Å². The van der Waals surface area contributed by atoms with Crippen molar-refractivity contribution in [2.75, 3.05) is 35.3 Å². The van der Waals surface area contributed by atoms with Crippen LogP contribution in [0.2, 0.25) is 0 Å². The molecule has 0 aromatic heterocycles. The van der Waals surface area contributed by atoms with E-state index in [0.29, 0.717) is 22.9 Å². The molecule has 0 saturated carbocycles. The summed E-state index contributed by atoms with van der Waals surface area (Å²) in [4.78, 5) is 29.0. The number of benzene rings is 3. The van der Waals surface area contributed by atoms with E-state index in [0.717, 1.165) is 24.5 Å². The van der Waals surface area contributed by atoms with Crippen LogP contribution >= 0.6 is 0 Å². The third kappa shape index (κ3) is 5.71. The van der Waals surface area contributed by atoms with Gasteiger partial charge >= 0.3 is 6.09 Å². The Morgan fingerprint density at radius 3 is 2.48 bits per heavy atom. The maximum atomic E-state index is 12.7. The summed E-state index contributed by atoms with van der Waals surface area (Å²) < 4.78 is 5.48. The van der Waals surface area contributed by atoms with Gasteiger partial charge in [0.15, 0.2) is 0 Å². The van der Waals surface area contributed by atoms with Crippen molar-refractivity contribution in [3.63, 3.8) is 0 Å². The van der Waals surface area contributed by atoms with Crippen LogP contribution in [0.3, 0.4) is 0 Å². The summed E-state index contributed by atoms with van der Waals surface area (Å²) in [6.07, 6.45) is 1.96. The maximum Gasteiger partial charge on any atom is 0.419 e. The lowest BCUT2D eigenvalue weighted by atomic mass is 9.99. The Kier molecular flexibility index (Phi) is 6.93. The fourth-order valence-corrected chi connectivity index (χ4v) is 4.01. The first-order chi connectivity index (χ1) is 16.0. The van der Waals surface area contributed by atoms with E-state index in [9.17, 15) is 9.59 Å². The third-order valence-electron chi connectivity index (χ3n) is 5.87. The lowest BCUT2D eigenvalue weighted by Crippen LogP contribution is -2.34. The number of piperidine rings is 1. The summed E-state index contributed by atoms with van der Waals surface area (Å²) in [5.41, 5.74) is 3.01. The first kappa shape index (κ1) is 22.4. The van der Waals surface area contributed by atoms with Gasteiger partial charge in [-0.25, -0.2) is 4.79 Å². The zero-order valence-electron chi connectivity index (χ0n) is 19.0. The number of nitrogens with zero attached hydrogens (tertiary/aromatic N) is 2. The van der Waals surface area contributed by atoms with Crippen LogP contribution in [-0.2, 0) is 0 Å². The minimum atomic E-state index is -0.507. The number of carbonyl (C=O) groups excluding carboxylic acids is 2. The lowest BCUT2D eigenvalue weighted by molar-refractivity contribution is 0.102. The zero-order valence-corrected chi connectivity index (χ0v) is 19.0. The topological polar surface area (TPSA) is 61.9 Å². The van der Waals surface area contributed by atoms with E-state index in [2.05, 4.69) is 17.1 Å². The van der Waals surface area contributed by atoms with Gasteiger partial charge in [0.2, 0.25) is 0 Å². The largest absolute Gasteiger partial charge is 0.419 e. The number of para-hydroxylation sites is 1. The van der Waals surface area contributed by atoms with Crippen molar-refractivity contribution in [1.29, 1.82) is 0 Å². The molecule has 0 bridgehead atoms. The molecule has 170 valence electrons. The van der Waals surface area contributed by atoms with E-state index in [1.165, 1.54) is 17.7 Å². The van der Waals surface area contributed by atoms with E-state index in [1.807, 2.05) is 54.6 Å². The number of anilines is 3. The highest BCUT2D eigenvalue weighted by Gasteiger charge is 2.17. The van der Waals surface area contributed by atoms with Gasteiger partial charge in [-0.15, -0.1) is 0 Å². The molecule has 6 heteroatoms. The Morgan fingerprint density at radius 1 is 1.00 bits per heavy atom. The number of ether oxygens (including phenoxy) is 1. The van der Waals surface area contributed by atoms with Gasteiger partial charge in [0.05, 0.1) is 0 Å². The third-order valence-corrected chi connectivity index (χ3v) is 5.87. The average molecular weight is 444 g/mol. The number of amides is 2. The standard InChI is InChI=1S/C27H29N3O3/c1-20-8-7-17-30(19-20)24-15-13-21(14-16-24)26(31)28-22-9-6-12-25(18-22)33-27(32)29(2)23-10-4-3-5-11-23/h3-6,9-16,18,20H,7-8,17,19H2,1-2H3,(H,28,31). The Morgan fingerprint density at radius 2 is 1.76 bits per heavy atom. The highest BCUT2D eigenvalue weighted by atomic mass is 16.6. The van der Waals surface area contributed by atoms with Crippen molar-refractivity contribution in [2.24, 2.45) is 5.92 Å². The molecule has 1 aliphatic rings. The van der Waals surface area contributed by atoms with Crippen LogP contribution in [0.1, 0.15) is 30.1 Å². The van der Waals surface area contributed by atoms with Gasteiger partial charge in [-0.2, -0.15) is 0 Å². The minimum Gasteiger partial charge on any atom is -0.410 e. The first-order valence-electron chi connectivity index (χ1n) is 11.3. The molecule has 3 aromatic rings. The predicted octanol–water partition coefficient (Wildman–Crippen LogP) is 5.81. The fourth-order valence-electron chi connectivity index (χ4n) is 4.01. The SMILES string of the molecule is CC1CCCN(c2ccc(C(=O)Nc3cccc(OC(=O)N(C)c4ccccc4)c3)cc2)C1.